The molecule has 1 aromatic heterocycles. The number of esters is 1. The van der Waals surface area contributed by atoms with Crippen molar-refractivity contribution in [1.29, 1.82) is 0 Å². The molecule has 5 heteroatoms. The number of hydrogen-bond donors (Lipinski definition) is 1. The topological polar surface area (TPSA) is 64.4 Å². The molecule has 0 bridgehead atoms. The van der Waals surface area contributed by atoms with Crippen molar-refractivity contribution >= 4 is 22.8 Å². The van der Waals surface area contributed by atoms with E-state index >= 15 is 0 Å². The summed E-state index contributed by atoms with van der Waals surface area (Å²) in [6, 6.07) is 5.26. The molecular weight excluding hydrogens is 244 g/mol. The fraction of sp³-hybridized carbons (Fsp3) is 0.429. The Balaban J connectivity index is 2.22. The highest BCUT2D eigenvalue weighted by Crippen LogP contribution is 2.21. The van der Waals surface area contributed by atoms with Crippen molar-refractivity contribution < 1.29 is 13.9 Å². The number of rotatable bonds is 5. The van der Waals surface area contributed by atoms with Crippen LogP contribution >= 0.6 is 0 Å². The van der Waals surface area contributed by atoms with Gasteiger partial charge in [0, 0.05) is 12.1 Å². The predicted molar refractivity (Wildman–Crippen MR) is 73.1 cm³/mol. The predicted octanol–water partition coefficient (Wildman–Crippen LogP) is 2.75. The molecule has 0 aliphatic heterocycles. The fourth-order valence-electron chi connectivity index (χ4n) is 1.89. The van der Waals surface area contributed by atoms with Crippen LogP contribution < -0.4 is 5.32 Å². The maximum Gasteiger partial charge on any atom is 0.328 e. The second-order valence-corrected chi connectivity index (χ2v) is 4.27. The summed E-state index contributed by atoms with van der Waals surface area (Å²) in [5.41, 5.74) is 2.38. The Hall–Kier alpha value is -2.04. The van der Waals surface area contributed by atoms with Gasteiger partial charge in [0.05, 0.1) is 7.11 Å². The van der Waals surface area contributed by atoms with Crippen LogP contribution in [0.3, 0.4) is 0 Å². The molecule has 2 aromatic rings. The number of fused-ring (bicyclic) bond motifs is 1. The second-order valence-electron chi connectivity index (χ2n) is 4.27. The summed E-state index contributed by atoms with van der Waals surface area (Å²) in [5, 5.41) is 3.14. The number of carbonyl (C=O) groups is 1. The lowest BCUT2D eigenvalue weighted by atomic mass is 10.2. The van der Waals surface area contributed by atoms with E-state index < -0.39 is 0 Å². The fourth-order valence-corrected chi connectivity index (χ4v) is 1.89. The zero-order valence-electron chi connectivity index (χ0n) is 11.4. The van der Waals surface area contributed by atoms with Crippen molar-refractivity contribution in [3.63, 3.8) is 0 Å². The third-order valence-corrected chi connectivity index (χ3v) is 2.97. The van der Waals surface area contributed by atoms with Gasteiger partial charge in [-0.3, -0.25) is 0 Å². The van der Waals surface area contributed by atoms with Crippen LogP contribution in [0.25, 0.3) is 11.1 Å². The summed E-state index contributed by atoms with van der Waals surface area (Å²) in [5.74, 6) is 0.448. The number of methoxy groups -OCH3 is 1. The molecule has 0 aliphatic carbocycles. The third kappa shape index (κ3) is 2.86. The van der Waals surface area contributed by atoms with Crippen LogP contribution in [-0.2, 0) is 16.0 Å². The van der Waals surface area contributed by atoms with Crippen LogP contribution in [0.2, 0.25) is 0 Å². The average Bonchev–Trinajstić information content (AvgIpc) is 2.86. The number of nitrogens with zero attached hydrogens (tertiary/aromatic N) is 1. The van der Waals surface area contributed by atoms with Crippen LogP contribution in [0, 0.1) is 0 Å². The van der Waals surface area contributed by atoms with Gasteiger partial charge in [0.25, 0.3) is 0 Å². The highest BCUT2D eigenvalue weighted by Gasteiger charge is 2.16. The first-order valence-electron chi connectivity index (χ1n) is 6.41. The van der Waals surface area contributed by atoms with Crippen molar-refractivity contribution in [2.75, 3.05) is 12.4 Å². The monoisotopic (exact) mass is 262 g/mol. The van der Waals surface area contributed by atoms with Gasteiger partial charge >= 0.3 is 5.97 Å². The van der Waals surface area contributed by atoms with Gasteiger partial charge < -0.3 is 14.5 Å². The van der Waals surface area contributed by atoms with Crippen molar-refractivity contribution in [3.8, 4) is 0 Å². The molecule has 0 saturated carbocycles. The molecule has 2 rings (SSSR count). The van der Waals surface area contributed by atoms with E-state index in [-0.39, 0.29) is 12.0 Å². The Bertz CT molecular complexity index is 577. The lowest BCUT2D eigenvalue weighted by Gasteiger charge is -2.15. The SMILES string of the molecule is CCc1nc2cc(NC(CC)C(=O)OC)ccc2o1. The van der Waals surface area contributed by atoms with Crippen molar-refractivity contribution in [2.45, 2.75) is 32.7 Å². The van der Waals surface area contributed by atoms with Crippen molar-refractivity contribution in [2.24, 2.45) is 0 Å². The molecule has 1 atom stereocenters. The minimum atomic E-state index is -0.347. The zero-order chi connectivity index (χ0) is 13.8. The highest BCUT2D eigenvalue weighted by molar-refractivity contribution is 5.82. The number of nitrogens with one attached hydrogen (secondary N) is 1. The van der Waals surface area contributed by atoms with E-state index in [9.17, 15) is 4.79 Å². The van der Waals surface area contributed by atoms with E-state index in [4.69, 9.17) is 9.15 Å². The van der Waals surface area contributed by atoms with Gasteiger partial charge in [0.15, 0.2) is 11.5 Å². The number of anilines is 1. The first-order chi connectivity index (χ1) is 9.17. The van der Waals surface area contributed by atoms with E-state index in [2.05, 4.69) is 10.3 Å². The van der Waals surface area contributed by atoms with Crippen molar-refractivity contribution in [1.82, 2.24) is 4.98 Å². The first-order valence-corrected chi connectivity index (χ1v) is 6.41. The Labute approximate surface area is 112 Å². The van der Waals surface area contributed by atoms with E-state index in [1.165, 1.54) is 7.11 Å². The molecule has 0 amide bonds. The lowest BCUT2D eigenvalue weighted by molar-refractivity contribution is -0.141. The first kappa shape index (κ1) is 13.4. The molecule has 1 N–H and O–H groups in total. The summed E-state index contributed by atoms with van der Waals surface area (Å²) in [6.07, 6.45) is 1.42. The Morgan fingerprint density at radius 1 is 1.47 bits per heavy atom. The van der Waals surface area contributed by atoms with E-state index in [0.717, 1.165) is 23.2 Å². The standard InChI is InChI=1S/C14H18N2O3/c1-4-10(14(17)18-3)15-9-6-7-12-11(8-9)16-13(5-2)19-12/h6-8,10,15H,4-5H2,1-3H3. The molecular formula is C14H18N2O3. The van der Waals surface area contributed by atoms with Gasteiger partial charge in [-0.15, -0.1) is 0 Å². The molecule has 0 saturated heterocycles. The van der Waals surface area contributed by atoms with Gasteiger partial charge in [0.1, 0.15) is 11.6 Å². The molecule has 1 aromatic carbocycles. The minimum Gasteiger partial charge on any atom is -0.467 e. The minimum absolute atomic E-state index is 0.267. The number of aryl methyl sites for hydroxylation is 1. The van der Waals surface area contributed by atoms with Gasteiger partial charge in [-0.1, -0.05) is 13.8 Å². The average molecular weight is 262 g/mol. The molecule has 0 fully saturated rings. The summed E-state index contributed by atoms with van der Waals surface area (Å²) in [4.78, 5) is 15.9. The number of hydrogen-bond acceptors (Lipinski definition) is 5. The molecule has 0 aliphatic rings. The number of aromatic nitrogens is 1. The second kappa shape index (κ2) is 5.73. The van der Waals surface area contributed by atoms with Crippen LogP contribution in [0.5, 0.6) is 0 Å². The molecule has 1 heterocycles. The van der Waals surface area contributed by atoms with Crippen LogP contribution in [-0.4, -0.2) is 24.1 Å². The van der Waals surface area contributed by atoms with Gasteiger partial charge in [0.2, 0.25) is 0 Å². The molecule has 0 spiro atoms. The number of carbonyl (C=O) groups excluding carboxylic acids is 1. The summed E-state index contributed by atoms with van der Waals surface area (Å²) >= 11 is 0. The lowest BCUT2D eigenvalue weighted by Crippen LogP contribution is -2.29. The maximum absolute atomic E-state index is 11.5. The molecule has 5 nitrogen and oxygen atoms in total. The quantitative estimate of drug-likeness (QED) is 0.839. The number of oxazole rings is 1. The Morgan fingerprint density at radius 3 is 2.89 bits per heavy atom. The van der Waals surface area contributed by atoms with Crippen molar-refractivity contribution in [3.05, 3.63) is 24.1 Å². The number of benzene rings is 1. The van der Waals surface area contributed by atoms with E-state index in [0.29, 0.717) is 12.3 Å². The molecule has 102 valence electrons. The van der Waals surface area contributed by atoms with E-state index in [1.54, 1.807) is 0 Å². The maximum atomic E-state index is 11.5. The molecule has 19 heavy (non-hydrogen) atoms. The number of ether oxygens (including phenoxy) is 1. The van der Waals surface area contributed by atoms with Gasteiger partial charge in [-0.2, -0.15) is 0 Å². The molecule has 0 radical (unpaired) electrons. The summed E-state index contributed by atoms with van der Waals surface area (Å²) in [6.45, 7) is 3.92. The van der Waals surface area contributed by atoms with Crippen LogP contribution in [0.15, 0.2) is 22.6 Å². The van der Waals surface area contributed by atoms with Crippen LogP contribution in [0.4, 0.5) is 5.69 Å². The normalized spacial score (nSPS) is 12.4. The third-order valence-electron chi connectivity index (χ3n) is 2.97. The Morgan fingerprint density at radius 2 is 2.26 bits per heavy atom. The van der Waals surface area contributed by atoms with E-state index in [1.807, 2.05) is 32.0 Å². The molecule has 1 unspecified atom stereocenters. The largest absolute Gasteiger partial charge is 0.467 e. The van der Waals surface area contributed by atoms with Gasteiger partial charge in [-0.25, -0.2) is 9.78 Å². The summed E-state index contributed by atoms with van der Waals surface area (Å²) in [7, 11) is 1.39. The zero-order valence-corrected chi connectivity index (χ0v) is 11.4. The van der Waals surface area contributed by atoms with Gasteiger partial charge in [-0.05, 0) is 24.6 Å². The highest BCUT2D eigenvalue weighted by atomic mass is 16.5. The summed E-state index contributed by atoms with van der Waals surface area (Å²) < 4.78 is 10.3. The smallest absolute Gasteiger partial charge is 0.328 e. The van der Waals surface area contributed by atoms with Crippen LogP contribution in [0.1, 0.15) is 26.2 Å². The Kier molecular flexibility index (Phi) is 4.04.